The zero-order valence-electron chi connectivity index (χ0n) is 16.2. The summed E-state index contributed by atoms with van der Waals surface area (Å²) in [7, 11) is 0. The van der Waals surface area contributed by atoms with Gasteiger partial charge < -0.3 is 5.32 Å². The molecule has 3 aromatic rings. The molecule has 1 aliphatic carbocycles. The van der Waals surface area contributed by atoms with Gasteiger partial charge in [0.1, 0.15) is 5.82 Å². The standard InChI is InChI=1S/C20H18BrF4N5O/c21-17-18(13-3-4-13)30(28-19(17)20(23,24)25)8-7-16(31)27-15-9-26-29(11-15)10-12-1-5-14(22)6-2-12/h1-2,5-6,9,11,13H,3-4,7-8,10H2,(H,27,31). The fourth-order valence-corrected chi connectivity index (χ4v) is 4.11. The van der Waals surface area contributed by atoms with E-state index in [1.807, 2.05) is 0 Å². The molecule has 31 heavy (non-hydrogen) atoms. The number of benzene rings is 1. The van der Waals surface area contributed by atoms with E-state index in [1.54, 1.807) is 23.0 Å². The Labute approximate surface area is 183 Å². The lowest BCUT2D eigenvalue weighted by Crippen LogP contribution is -2.16. The Morgan fingerprint density at radius 3 is 2.58 bits per heavy atom. The van der Waals surface area contributed by atoms with E-state index in [2.05, 4.69) is 31.4 Å². The number of nitrogens with zero attached hydrogens (tertiary/aromatic N) is 4. The van der Waals surface area contributed by atoms with Crippen molar-refractivity contribution in [1.29, 1.82) is 0 Å². The molecule has 1 aliphatic rings. The Morgan fingerprint density at radius 1 is 1.23 bits per heavy atom. The third kappa shape index (κ3) is 5.15. The number of carbonyl (C=O) groups is 1. The van der Waals surface area contributed by atoms with Crippen molar-refractivity contribution in [3.8, 4) is 0 Å². The summed E-state index contributed by atoms with van der Waals surface area (Å²) in [6.07, 6.45) is 0.123. The van der Waals surface area contributed by atoms with E-state index in [4.69, 9.17) is 0 Å². The van der Waals surface area contributed by atoms with Crippen LogP contribution in [0.3, 0.4) is 0 Å². The van der Waals surface area contributed by atoms with Crippen molar-refractivity contribution in [1.82, 2.24) is 19.6 Å². The van der Waals surface area contributed by atoms with Gasteiger partial charge in [-0.1, -0.05) is 12.1 Å². The van der Waals surface area contributed by atoms with Crippen molar-refractivity contribution < 1.29 is 22.4 Å². The molecule has 0 unspecified atom stereocenters. The van der Waals surface area contributed by atoms with Gasteiger partial charge in [-0.2, -0.15) is 23.4 Å². The van der Waals surface area contributed by atoms with Crippen LogP contribution in [0.2, 0.25) is 0 Å². The largest absolute Gasteiger partial charge is 0.436 e. The van der Waals surface area contributed by atoms with Crippen LogP contribution in [0.15, 0.2) is 41.1 Å². The maximum atomic E-state index is 13.2. The van der Waals surface area contributed by atoms with Crippen LogP contribution in [0, 0.1) is 5.82 Å². The van der Waals surface area contributed by atoms with Crippen molar-refractivity contribution in [3.63, 3.8) is 0 Å². The molecule has 0 aliphatic heterocycles. The second kappa shape index (κ2) is 8.45. The zero-order valence-corrected chi connectivity index (χ0v) is 17.7. The number of aromatic nitrogens is 4. The lowest BCUT2D eigenvalue weighted by molar-refractivity contribution is -0.142. The number of amides is 1. The average molecular weight is 500 g/mol. The molecule has 1 saturated carbocycles. The predicted molar refractivity (Wildman–Crippen MR) is 108 cm³/mol. The van der Waals surface area contributed by atoms with Gasteiger partial charge in [-0.05, 0) is 46.5 Å². The Hall–Kier alpha value is -2.69. The zero-order chi connectivity index (χ0) is 22.2. The first-order chi connectivity index (χ1) is 14.7. The van der Waals surface area contributed by atoms with Gasteiger partial charge >= 0.3 is 6.18 Å². The Kier molecular flexibility index (Phi) is 5.87. The number of halogens is 5. The molecule has 2 aromatic heterocycles. The van der Waals surface area contributed by atoms with Gasteiger partial charge in [-0.25, -0.2) is 4.39 Å². The topological polar surface area (TPSA) is 64.7 Å². The van der Waals surface area contributed by atoms with Crippen LogP contribution in [-0.2, 0) is 24.1 Å². The summed E-state index contributed by atoms with van der Waals surface area (Å²) in [5.74, 6) is -0.650. The molecule has 11 heteroatoms. The van der Waals surface area contributed by atoms with Crippen LogP contribution in [0.4, 0.5) is 23.2 Å². The summed E-state index contributed by atoms with van der Waals surface area (Å²) < 4.78 is 55.4. The number of carbonyl (C=O) groups excluding carboxylic acids is 1. The van der Waals surface area contributed by atoms with Crippen molar-refractivity contribution in [3.05, 3.63) is 63.9 Å². The van der Waals surface area contributed by atoms with Gasteiger partial charge in [0, 0.05) is 18.5 Å². The number of alkyl halides is 3. The summed E-state index contributed by atoms with van der Waals surface area (Å²) in [4.78, 5) is 12.3. The normalized spacial score (nSPS) is 14.1. The van der Waals surface area contributed by atoms with Crippen molar-refractivity contribution in [2.75, 3.05) is 5.32 Å². The highest BCUT2D eigenvalue weighted by Gasteiger charge is 2.41. The van der Waals surface area contributed by atoms with Gasteiger partial charge in [-0.15, -0.1) is 0 Å². The average Bonchev–Trinajstić information content (AvgIpc) is 3.34. The Bertz CT molecular complexity index is 1090. The maximum absolute atomic E-state index is 13.2. The highest BCUT2D eigenvalue weighted by Crippen LogP contribution is 2.47. The molecule has 0 saturated heterocycles. The second-order valence-electron chi connectivity index (χ2n) is 7.39. The minimum Gasteiger partial charge on any atom is -0.323 e. The summed E-state index contributed by atoms with van der Waals surface area (Å²) in [5, 5.41) is 10.5. The number of rotatable bonds is 7. The quantitative estimate of drug-likeness (QED) is 0.467. The number of hydrogen-bond acceptors (Lipinski definition) is 3. The monoisotopic (exact) mass is 499 g/mol. The van der Waals surface area contributed by atoms with E-state index in [0.717, 1.165) is 18.4 Å². The molecule has 0 bridgehead atoms. The smallest absolute Gasteiger partial charge is 0.323 e. The fourth-order valence-electron chi connectivity index (χ4n) is 3.27. The predicted octanol–water partition coefficient (Wildman–Crippen LogP) is 4.95. The third-order valence-corrected chi connectivity index (χ3v) is 5.67. The van der Waals surface area contributed by atoms with E-state index in [9.17, 15) is 22.4 Å². The molecule has 1 amide bonds. The van der Waals surface area contributed by atoms with Crippen LogP contribution in [-0.4, -0.2) is 25.5 Å². The second-order valence-corrected chi connectivity index (χ2v) is 8.19. The highest BCUT2D eigenvalue weighted by molar-refractivity contribution is 9.10. The van der Waals surface area contributed by atoms with Crippen molar-refractivity contribution >= 4 is 27.5 Å². The Balaban J connectivity index is 1.37. The lowest BCUT2D eigenvalue weighted by Gasteiger charge is -2.07. The number of aryl methyl sites for hydroxylation is 1. The first kappa shape index (κ1) is 21.5. The summed E-state index contributed by atoms with van der Waals surface area (Å²) >= 11 is 3.04. The molecule has 1 aromatic carbocycles. The molecule has 1 N–H and O–H groups in total. The van der Waals surface area contributed by atoms with E-state index in [0.29, 0.717) is 17.9 Å². The van der Waals surface area contributed by atoms with Crippen molar-refractivity contribution in [2.45, 2.75) is 44.4 Å². The van der Waals surface area contributed by atoms with E-state index in [-0.39, 0.29) is 35.1 Å². The lowest BCUT2D eigenvalue weighted by atomic mass is 10.2. The molecule has 164 valence electrons. The number of anilines is 1. The molecule has 6 nitrogen and oxygen atoms in total. The maximum Gasteiger partial charge on any atom is 0.436 e. The van der Waals surface area contributed by atoms with E-state index < -0.39 is 11.9 Å². The molecule has 0 radical (unpaired) electrons. The van der Waals surface area contributed by atoms with Crippen LogP contribution < -0.4 is 5.32 Å². The van der Waals surface area contributed by atoms with Gasteiger partial charge in [-0.3, -0.25) is 14.2 Å². The van der Waals surface area contributed by atoms with Gasteiger partial charge in [0.15, 0.2) is 5.69 Å². The van der Waals surface area contributed by atoms with Crippen LogP contribution >= 0.6 is 15.9 Å². The third-order valence-electron chi connectivity index (χ3n) is 4.89. The number of nitrogens with one attached hydrogen (secondary N) is 1. The van der Waals surface area contributed by atoms with Gasteiger partial charge in [0.25, 0.3) is 0 Å². The van der Waals surface area contributed by atoms with Gasteiger partial charge in [0.2, 0.25) is 5.91 Å². The highest BCUT2D eigenvalue weighted by atomic mass is 79.9. The molecule has 4 rings (SSSR count). The SMILES string of the molecule is O=C(CCn1nc(C(F)(F)F)c(Br)c1C1CC1)Nc1cnn(Cc2ccc(F)cc2)c1. The number of hydrogen-bond donors (Lipinski definition) is 1. The van der Waals surface area contributed by atoms with E-state index >= 15 is 0 Å². The summed E-state index contributed by atoms with van der Waals surface area (Å²) in [6.45, 7) is 0.443. The molecule has 1 fully saturated rings. The Morgan fingerprint density at radius 2 is 1.94 bits per heavy atom. The molecule has 0 atom stereocenters. The van der Waals surface area contributed by atoms with Gasteiger partial charge in [0.05, 0.1) is 35.1 Å². The minimum absolute atomic E-state index is 0.0331. The van der Waals surface area contributed by atoms with E-state index in [1.165, 1.54) is 23.0 Å². The fraction of sp³-hybridized carbons (Fsp3) is 0.350. The van der Waals surface area contributed by atoms with Crippen LogP contribution in [0.25, 0.3) is 0 Å². The first-order valence-electron chi connectivity index (χ1n) is 9.61. The molecular weight excluding hydrogens is 482 g/mol. The van der Waals surface area contributed by atoms with Crippen LogP contribution in [0.5, 0.6) is 0 Å². The first-order valence-corrected chi connectivity index (χ1v) is 10.4. The van der Waals surface area contributed by atoms with Crippen molar-refractivity contribution in [2.24, 2.45) is 0 Å². The molecule has 2 heterocycles. The van der Waals surface area contributed by atoms with Crippen LogP contribution in [0.1, 0.15) is 42.1 Å². The summed E-state index contributed by atoms with van der Waals surface area (Å²) in [5.41, 5.74) is 0.844. The molecule has 0 spiro atoms. The summed E-state index contributed by atoms with van der Waals surface area (Å²) in [6, 6.07) is 6.00. The molecular formula is C20H18BrF4N5O. The minimum atomic E-state index is -4.56.